The lowest BCUT2D eigenvalue weighted by molar-refractivity contribution is -0.116. The van der Waals surface area contributed by atoms with Crippen LogP contribution in [0.4, 0.5) is 5.69 Å². The van der Waals surface area contributed by atoms with E-state index in [1.54, 1.807) is 22.8 Å². The van der Waals surface area contributed by atoms with E-state index in [0.717, 1.165) is 11.1 Å². The number of nitriles is 1. The lowest BCUT2D eigenvalue weighted by atomic mass is 10.1. The second-order valence-corrected chi connectivity index (χ2v) is 8.86. The van der Waals surface area contributed by atoms with Gasteiger partial charge in [0.1, 0.15) is 11.4 Å². The minimum atomic E-state index is -0.233. The molecule has 0 atom stereocenters. The molecular formula is C25H20N4O2S2. The molecule has 2 aromatic heterocycles. The molecule has 4 rings (SSSR count). The number of fused-ring (bicyclic) bond motifs is 1. The first-order valence-electron chi connectivity index (χ1n) is 10.2. The number of allylic oxidation sites excluding steroid dienone is 1. The van der Waals surface area contributed by atoms with Crippen LogP contribution >= 0.6 is 23.1 Å². The topological polar surface area (TPSA) is 79.0 Å². The fourth-order valence-corrected chi connectivity index (χ4v) is 5.32. The SMILES string of the molecule is C=CCn1c(SCC(=O)N(CC#N)c2ccccc2)nc2scc(-c3ccccc3)c2c1=O. The molecule has 0 bridgehead atoms. The number of carbonyl (C=O) groups is 1. The van der Waals surface area contributed by atoms with Crippen molar-refractivity contribution in [1.29, 1.82) is 5.26 Å². The predicted molar refractivity (Wildman–Crippen MR) is 135 cm³/mol. The number of aromatic nitrogens is 2. The molecule has 2 aromatic carbocycles. The Balaban J connectivity index is 1.67. The average Bonchev–Trinajstić information content (AvgIpc) is 3.28. The van der Waals surface area contributed by atoms with Gasteiger partial charge in [-0.2, -0.15) is 5.26 Å². The standard InChI is InChI=1S/C25H20N4O2S2/c1-2-14-29-24(31)22-20(18-9-5-3-6-10-18)16-32-23(22)27-25(29)33-17-21(30)28(15-13-26)19-11-7-4-8-12-19/h2-12,16H,1,14-15,17H2. The maximum Gasteiger partial charge on any atom is 0.263 e. The number of carbonyl (C=O) groups excluding carboxylic acids is 1. The smallest absolute Gasteiger partial charge is 0.263 e. The Morgan fingerprint density at radius 1 is 1.18 bits per heavy atom. The molecule has 6 nitrogen and oxygen atoms in total. The van der Waals surface area contributed by atoms with Crippen molar-refractivity contribution in [3.63, 3.8) is 0 Å². The van der Waals surface area contributed by atoms with Crippen molar-refractivity contribution in [3.8, 4) is 17.2 Å². The van der Waals surface area contributed by atoms with Crippen molar-refractivity contribution in [2.75, 3.05) is 17.2 Å². The Kier molecular flexibility index (Phi) is 7.03. The van der Waals surface area contributed by atoms with E-state index in [-0.39, 0.29) is 30.3 Å². The van der Waals surface area contributed by atoms with E-state index < -0.39 is 0 Å². The first-order chi connectivity index (χ1) is 16.1. The Morgan fingerprint density at radius 2 is 1.88 bits per heavy atom. The predicted octanol–water partition coefficient (Wildman–Crippen LogP) is 4.96. The third kappa shape index (κ3) is 4.75. The van der Waals surface area contributed by atoms with Crippen LogP contribution in [0.2, 0.25) is 0 Å². The highest BCUT2D eigenvalue weighted by atomic mass is 32.2. The number of hydrogen-bond acceptors (Lipinski definition) is 6. The molecule has 0 spiro atoms. The van der Waals surface area contributed by atoms with Gasteiger partial charge in [-0.1, -0.05) is 66.4 Å². The van der Waals surface area contributed by atoms with E-state index >= 15 is 0 Å². The highest BCUT2D eigenvalue weighted by molar-refractivity contribution is 7.99. The number of para-hydroxylation sites is 1. The fraction of sp³-hybridized carbons (Fsp3) is 0.120. The van der Waals surface area contributed by atoms with E-state index in [2.05, 4.69) is 6.58 Å². The third-order valence-electron chi connectivity index (χ3n) is 4.98. The van der Waals surface area contributed by atoms with Gasteiger partial charge in [0.2, 0.25) is 5.91 Å². The molecule has 0 aliphatic rings. The van der Waals surface area contributed by atoms with Gasteiger partial charge in [-0.15, -0.1) is 17.9 Å². The summed E-state index contributed by atoms with van der Waals surface area (Å²) in [6.45, 7) is 3.99. The van der Waals surface area contributed by atoms with Gasteiger partial charge in [0.25, 0.3) is 5.56 Å². The minimum Gasteiger partial charge on any atom is -0.298 e. The zero-order chi connectivity index (χ0) is 23.2. The molecule has 33 heavy (non-hydrogen) atoms. The summed E-state index contributed by atoms with van der Waals surface area (Å²) in [5, 5.41) is 12.1. The molecule has 0 N–H and O–H groups in total. The van der Waals surface area contributed by atoms with Crippen LogP contribution in [0.25, 0.3) is 21.3 Å². The summed E-state index contributed by atoms with van der Waals surface area (Å²) in [5.41, 5.74) is 2.30. The second-order valence-electron chi connectivity index (χ2n) is 7.06. The van der Waals surface area contributed by atoms with Gasteiger partial charge in [0.15, 0.2) is 5.16 Å². The molecule has 0 unspecified atom stereocenters. The monoisotopic (exact) mass is 472 g/mol. The van der Waals surface area contributed by atoms with Crippen LogP contribution in [0.1, 0.15) is 0 Å². The zero-order valence-corrected chi connectivity index (χ0v) is 19.3. The molecule has 1 amide bonds. The van der Waals surface area contributed by atoms with Crippen LogP contribution in [-0.2, 0) is 11.3 Å². The summed E-state index contributed by atoms with van der Waals surface area (Å²) < 4.78 is 1.55. The van der Waals surface area contributed by atoms with Crippen molar-refractivity contribution in [1.82, 2.24) is 9.55 Å². The molecule has 0 fully saturated rings. The Morgan fingerprint density at radius 3 is 2.55 bits per heavy atom. The van der Waals surface area contributed by atoms with Crippen molar-refractivity contribution in [2.24, 2.45) is 0 Å². The number of benzene rings is 2. The quantitative estimate of drug-likeness (QED) is 0.157. The van der Waals surface area contributed by atoms with Gasteiger partial charge in [-0.05, 0) is 17.7 Å². The zero-order valence-electron chi connectivity index (χ0n) is 17.7. The van der Waals surface area contributed by atoms with E-state index in [1.165, 1.54) is 28.0 Å². The summed E-state index contributed by atoms with van der Waals surface area (Å²) in [6.07, 6.45) is 1.64. The van der Waals surface area contributed by atoms with Crippen molar-refractivity contribution >= 4 is 44.9 Å². The Bertz CT molecular complexity index is 1390. The lowest BCUT2D eigenvalue weighted by Gasteiger charge is -2.19. The first kappa shape index (κ1) is 22.5. The van der Waals surface area contributed by atoms with Crippen molar-refractivity contribution in [2.45, 2.75) is 11.7 Å². The summed E-state index contributed by atoms with van der Waals surface area (Å²) >= 11 is 2.60. The normalized spacial score (nSPS) is 10.6. The molecule has 4 aromatic rings. The fourth-order valence-electron chi connectivity index (χ4n) is 3.44. The van der Waals surface area contributed by atoms with Gasteiger partial charge >= 0.3 is 0 Å². The molecule has 0 aliphatic heterocycles. The maximum absolute atomic E-state index is 13.4. The maximum atomic E-state index is 13.4. The van der Waals surface area contributed by atoms with Gasteiger partial charge in [-0.3, -0.25) is 19.1 Å². The molecule has 2 heterocycles. The molecule has 164 valence electrons. The van der Waals surface area contributed by atoms with Gasteiger partial charge < -0.3 is 0 Å². The third-order valence-corrected chi connectivity index (χ3v) is 6.81. The summed E-state index contributed by atoms with van der Waals surface area (Å²) in [5.74, 6) is -0.189. The summed E-state index contributed by atoms with van der Waals surface area (Å²) in [7, 11) is 0. The molecule has 8 heteroatoms. The van der Waals surface area contributed by atoms with Gasteiger partial charge in [0, 0.05) is 23.2 Å². The van der Waals surface area contributed by atoms with Crippen LogP contribution in [0, 0.1) is 11.3 Å². The molecule has 0 saturated heterocycles. The molecule has 0 saturated carbocycles. The number of thioether (sulfide) groups is 1. The van der Waals surface area contributed by atoms with Gasteiger partial charge in [0.05, 0.1) is 17.2 Å². The number of hydrogen-bond donors (Lipinski definition) is 0. The number of amides is 1. The van der Waals surface area contributed by atoms with Gasteiger partial charge in [-0.25, -0.2) is 4.98 Å². The van der Waals surface area contributed by atoms with Crippen molar-refractivity contribution in [3.05, 3.63) is 89.1 Å². The van der Waals surface area contributed by atoms with Crippen LogP contribution in [0.5, 0.6) is 0 Å². The number of thiophene rings is 1. The largest absolute Gasteiger partial charge is 0.298 e. The molecule has 0 radical (unpaired) electrons. The molecular weight excluding hydrogens is 452 g/mol. The van der Waals surface area contributed by atoms with Crippen LogP contribution in [0.15, 0.2) is 88.6 Å². The minimum absolute atomic E-state index is 0.0442. The highest BCUT2D eigenvalue weighted by Gasteiger charge is 2.20. The van der Waals surface area contributed by atoms with E-state index in [1.807, 2.05) is 60.0 Å². The molecule has 0 aliphatic carbocycles. The van der Waals surface area contributed by atoms with Crippen molar-refractivity contribution < 1.29 is 4.79 Å². The van der Waals surface area contributed by atoms with Crippen LogP contribution < -0.4 is 10.5 Å². The van der Waals surface area contributed by atoms with E-state index in [9.17, 15) is 14.9 Å². The first-order valence-corrected chi connectivity index (χ1v) is 12.0. The van der Waals surface area contributed by atoms with Crippen LogP contribution in [-0.4, -0.2) is 27.8 Å². The van der Waals surface area contributed by atoms with E-state index in [4.69, 9.17) is 4.98 Å². The highest BCUT2D eigenvalue weighted by Crippen LogP contribution is 2.32. The number of nitrogens with zero attached hydrogens (tertiary/aromatic N) is 4. The Hall–Kier alpha value is -3.67. The lowest BCUT2D eigenvalue weighted by Crippen LogP contribution is -2.33. The summed E-state index contributed by atoms with van der Waals surface area (Å²) in [6, 6.07) is 20.8. The van der Waals surface area contributed by atoms with Crippen LogP contribution in [0.3, 0.4) is 0 Å². The number of anilines is 1. The second kappa shape index (κ2) is 10.3. The summed E-state index contributed by atoms with van der Waals surface area (Å²) in [4.78, 5) is 33.1. The average molecular weight is 473 g/mol. The number of rotatable bonds is 8. The Labute approximate surface area is 199 Å². The van der Waals surface area contributed by atoms with E-state index in [0.29, 0.717) is 21.1 Å².